The largest absolute Gasteiger partial charge is 0.522 e. The zero-order chi connectivity index (χ0) is 13.2. The molecule has 1 aliphatic rings. The molecule has 0 radical (unpaired) electrons. The molecule has 0 spiro atoms. The van der Waals surface area contributed by atoms with Gasteiger partial charge in [0.2, 0.25) is 0 Å². The first kappa shape index (κ1) is 13.4. The number of alkyl halides is 3. The van der Waals surface area contributed by atoms with Gasteiger partial charge in [-0.15, -0.1) is 13.2 Å². The molecule has 0 heterocycles. The Morgan fingerprint density at radius 1 is 1.28 bits per heavy atom. The van der Waals surface area contributed by atoms with Crippen LogP contribution in [0.15, 0.2) is 24.3 Å². The summed E-state index contributed by atoms with van der Waals surface area (Å²) in [7, 11) is 0. The molecule has 0 amide bonds. The Balaban J connectivity index is 1.93. The summed E-state index contributed by atoms with van der Waals surface area (Å²) in [6.07, 6.45) is -3.57. The van der Waals surface area contributed by atoms with Crippen molar-refractivity contribution in [2.45, 2.75) is 31.7 Å². The number of hydrogen-bond donors (Lipinski definition) is 1. The molecule has 5 heteroatoms. The molecule has 2 rings (SSSR count). The van der Waals surface area contributed by atoms with Gasteiger partial charge in [-0.05, 0) is 36.3 Å². The molecule has 0 aromatic heterocycles. The molecule has 0 saturated heterocycles. The Hall–Kier alpha value is -1.07. The van der Waals surface area contributed by atoms with E-state index in [-0.39, 0.29) is 12.3 Å². The number of ether oxygens (including phenoxy) is 1. The van der Waals surface area contributed by atoms with Crippen LogP contribution in [0, 0.1) is 5.92 Å². The van der Waals surface area contributed by atoms with Crippen molar-refractivity contribution in [3.8, 4) is 0 Å². The van der Waals surface area contributed by atoms with Crippen molar-refractivity contribution in [1.82, 2.24) is 0 Å². The topological polar surface area (TPSA) is 29.5 Å². The third-order valence-corrected chi connectivity index (χ3v) is 3.36. The van der Waals surface area contributed by atoms with Crippen molar-refractivity contribution < 1.29 is 23.0 Å². The minimum Gasteiger partial charge on any atom is -0.388 e. The lowest BCUT2D eigenvalue weighted by Gasteiger charge is -2.30. The Labute approximate surface area is 103 Å². The molecule has 0 fully saturated rings. The summed E-state index contributed by atoms with van der Waals surface area (Å²) in [5, 5.41) is 10.1. The molecular weight excluding hydrogens is 245 g/mol. The second-order valence-corrected chi connectivity index (χ2v) is 4.53. The van der Waals surface area contributed by atoms with E-state index in [1.54, 1.807) is 0 Å². The predicted molar refractivity (Wildman–Crippen MR) is 59.8 cm³/mol. The number of rotatable bonds is 3. The van der Waals surface area contributed by atoms with Gasteiger partial charge in [-0.2, -0.15) is 0 Å². The van der Waals surface area contributed by atoms with E-state index in [0.717, 1.165) is 17.5 Å². The molecule has 1 aromatic carbocycles. The molecule has 1 N–H and O–H groups in total. The molecule has 1 aromatic rings. The monoisotopic (exact) mass is 260 g/mol. The summed E-state index contributed by atoms with van der Waals surface area (Å²) in [4.78, 5) is 0. The van der Waals surface area contributed by atoms with E-state index in [9.17, 15) is 18.3 Å². The molecule has 100 valence electrons. The van der Waals surface area contributed by atoms with Crippen molar-refractivity contribution in [3.63, 3.8) is 0 Å². The highest BCUT2D eigenvalue weighted by atomic mass is 19.4. The van der Waals surface area contributed by atoms with Crippen molar-refractivity contribution in [3.05, 3.63) is 35.4 Å². The Morgan fingerprint density at radius 2 is 2.00 bits per heavy atom. The number of fused-ring (bicyclic) bond motifs is 1. The highest BCUT2D eigenvalue weighted by Crippen LogP contribution is 2.36. The molecule has 0 bridgehead atoms. The summed E-state index contributed by atoms with van der Waals surface area (Å²) in [5.41, 5.74) is 1.92. The van der Waals surface area contributed by atoms with Gasteiger partial charge in [-0.1, -0.05) is 24.3 Å². The highest BCUT2D eigenvalue weighted by molar-refractivity contribution is 5.31. The first-order chi connectivity index (χ1) is 8.47. The SMILES string of the molecule is OC1c2ccccc2CCC1CCOC(F)(F)F. The third kappa shape index (κ3) is 3.23. The van der Waals surface area contributed by atoms with Gasteiger partial charge >= 0.3 is 6.36 Å². The van der Waals surface area contributed by atoms with Gasteiger partial charge in [0.25, 0.3) is 0 Å². The van der Waals surface area contributed by atoms with E-state index in [1.807, 2.05) is 24.3 Å². The fourth-order valence-electron chi connectivity index (χ4n) is 2.43. The van der Waals surface area contributed by atoms with Crippen LogP contribution in [-0.2, 0) is 11.2 Å². The van der Waals surface area contributed by atoms with Gasteiger partial charge in [-0.3, -0.25) is 4.74 Å². The van der Waals surface area contributed by atoms with Crippen LogP contribution in [0.4, 0.5) is 13.2 Å². The highest BCUT2D eigenvalue weighted by Gasteiger charge is 2.31. The van der Waals surface area contributed by atoms with E-state index in [0.29, 0.717) is 6.42 Å². The predicted octanol–water partition coefficient (Wildman–Crippen LogP) is 3.21. The Morgan fingerprint density at radius 3 is 2.72 bits per heavy atom. The maximum atomic E-state index is 11.9. The zero-order valence-electron chi connectivity index (χ0n) is 9.78. The van der Waals surface area contributed by atoms with Crippen LogP contribution < -0.4 is 0 Å². The minimum absolute atomic E-state index is 0.165. The van der Waals surface area contributed by atoms with Crippen LogP contribution in [0.5, 0.6) is 0 Å². The van der Waals surface area contributed by atoms with Crippen molar-refractivity contribution >= 4 is 0 Å². The maximum absolute atomic E-state index is 11.9. The van der Waals surface area contributed by atoms with E-state index in [1.165, 1.54) is 0 Å². The number of hydrogen-bond acceptors (Lipinski definition) is 2. The average Bonchev–Trinajstić information content (AvgIpc) is 2.31. The Bertz CT molecular complexity index is 403. The summed E-state index contributed by atoms with van der Waals surface area (Å²) in [6, 6.07) is 7.51. The van der Waals surface area contributed by atoms with Gasteiger partial charge in [0, 0.05) is 0 Å². The minimum atomic E-state index is -4.59. The molecule has 2 unspecified atom stereocenters. The smallest absolute Gasteiger partial charge is 0.388 e. The van der Waals surface area contributed by atoms with Crippen LogP contribution in [0.3, 0.4) is 0 Å². The molecule has 18 heavy (non-hydrogen) atoms. The van der Waals surface area contributed by atoms with Crippen LogP contribution in [-0.4, -0.2) is 18.1 Å². The van der Waals surface area contributed by atoms with E-state index in [4.69, 9.17) is 0 Å². The number of aliphatic hydroxyl groups excluding tert-OH is 1. The fraction of sp³-hybridized carbons (Fsp3) is 0.538. The van der Waals surface area contributed by atoms with E-state index < -0.39 is 19.1 Å². The van der Waals surface area contributed by atoms with Crippen molar-refractivity contribution in [2.24, 2.45) is 5.92 Å². The third-order valence-electron chi connectivity index (χ3n) is 3.36. The fourth-order valence-corrected chi connectivity index (χ4v) is 2.43. The van der Waals surface area contributed by atoms with E-state index in [2.05, 4.69) is 4.74 Å². The quantitative estimate of drug-likeness (QED) is 0.904. The lowest BCUT2D eigenvalue weighted by atomic mass is 9.80. The van der Waals surface area contributed by atoms with Crippen LogP contribution in [0.25, 0.3) is 0 Å². The molecule has 0 aliphatic heterocycles. The van der Waals surface area contributed by atoms with Gasteiger partial charge < -0.3 is 5.11 Å². The van der Waals surface area contributed by atoms with Crippen LogP contribution in [0.2, 0.25) is 0 Å². The van der Waals surface area contributed by atoms with Crippen molar-refractivity contribution in [1.29, 1.82) is 0 Å². The lowest BCUT2D eigenvalue weighted by molar-refractivity contribution is -0.325. The summed E-state index contributed by atoms with van der Waals surface area (Å²) in [6.45, 7) is -0.395. The number of aliphatic hydroxyl groups is 1. The standard InChI is InChI=1S/C13H15F3O2/c14-13(15,16)18-8-7-10-6-5-9-3-1-2-4-11(9)12(10)17/h1-4,10,12,17H,5-8H2. The molecule has 2 atom stereocenters. The molecule has 0 saturated carbocycles. The first-order valence-corrected chi connectivity index (χ1v) is 5.94. The van der Waals surface area contributed by atoms with Gasteiger partial charge in [0.05, 0.1) is 12.7 Å². The second-order valence-electron chi connectivity index (χ2n) is 4.53. The normalized spacial score (nSPS) is 23.8. The molecule has 1 aliphatic carbocycles. The van der Waals surface area contributed by atoms with Crippen LogP contribution >= 0.6 is 0 Å². The maximum Gasteiger partial charge on any atom is 0.522 e. The first-order valence-electron chi connectivity index (χ1n) is 5.94. The number of benzene rings is 1. The summed E-state index contributed by atoms with van der Waals surface area (Å²) < 4.78 is 39.3. The number of halogens is 3. The summed E-state index contributed by atoms with van der Waals surface area (Å²) >= 11 is 0. The van der Waals surface area contributed by atoms with Gasteiger partial charge in [-0.25, -0.2) is 0 Å². The molecular formula is C13H15F3O2. The lowest BCUT2D eigenvalue weighted by Crippen LogP contribution is -2.23. The number of aryl methyl sites for hydroxylation is 1. The second kappa shape index (κ2) is 5.28. The zero-order valence-corrected chi connectivity index (χ0v) is 9.78. The van der Waals surface area contributed by atoms with E-state index >= 15 is 0 Å². The van der Waals surface area contributed by atoms with Crippen molar-refractivity contribution in [2.75, 3.05) is 6.61 Å². The van der Waals surface area contributed by atoms with Crippen LogP contribution in [0.1, 0.15) is 30.1 Å². The van der Waals surface area contributed by atoms with Gasteiger partial charge in [0.15, 0.2) is 0 Å². The summed E-state index contributed by atoms with van der Waals surface area (Å²) in [5.74, 6) is -0.165. The molecule has 2 nitrogen and oxygen atoms in total. The van der Waals surface area contributed by atoms with Gasteiger partial charge in [0.1, 0.15) is 0 Å². The average molecular weight is 260 g/mol. The Kier molecular flexibility index (Phi) is 3.92.